The highest BCUT2D eigenvalue weighted by Gasteiger charge is 2.06. The molecule has 0 bridgehead atoms. The summed E-state index contributed by atoms with van der Waals surface area (Å²) >= 11 is 0. The Morgan fingerprint density at radius 1 is 1.29 bits per heavy atom. The van der Waals surface area contributed by atoms with Gasteiger partial charge in [-0.05, 0) is 37.5 Å². The molecule has 0 aliphatic heterocycles. The highest BCUT2D eigenvalue weighted by molar-refractivity contribution is 5.69. The number of hydrogen-bond acceptors (Lipinski definition) is 4. The summed E-state index contributed by atoms with van der Waals surface area (Å²) in [6.45, 7) is -0.185. The molecule has 0 aromatic heterocycles. The Bertz CT molecular complexity index is 423. The molecule has 1 N–H and O–H groups in total. The van der Waals surface area contributed by atoms with E-state index in [2.05, 4.69) is 14.8 Å². The first-order chi connectivity index (χ1) is 10.0. The summed E-state index contributed by atoms with van der Waals surface area (Å²) in [4.78, 5) is 11.0. The maximum atomic E-state index is 12.0. The number of carbonyl (C=O) groups is 1. The molecule has 4 nitrogen and oxygen atoms in total. The summed E-state index contributed by atoms with van der Waals surface area (Å²) in [5, 5.41) is 3.23. The molecule has 21 heavy (non-hydrogen) atoms. The van der Waals surface area contributed by atoms with Gasteiger partial charge in [0.15, 0.2) is 0 Å². The van der Waals surface area contributed by atoms with E-state index in [0.717, 1.165) is 18.4 Å². The lowest BCUT2D eigenvalue weighted by atomic mass is 10.1. The van der Waals surface area contributed by atoms with E-state index in [9.17, 15) is 13.6 Å². The first-order valence-corrected chi connectivity index (χ1v) is 6.85. The lowest BCUT2D eigenvalue weighted by Gasteiger charge is -2.13. The average molecular weight is 301 g/mol. The summed E-state index contributed by atoms with van der Waals surface area (Å²) in [5.41, 5.74) is 1.05. The molecule has 1 atom stereocenters. The van der Waals surface area contributed by atoms with Gasteiger partial charge in [0.2, 0.25) is 0 Å². The lowest BCUT2D eigenvalue weighted by molar-refractivity contribution is -0.140. The second kappa shape index (κ2) is 9.28. The minimum atomic E-state index is -2.80. The van der Waals surface area contributed by atoms with Crippen LogP contribution in [0.2, 0.25) is 0 Å². The van der Waals surface area contributed by atoms with Gasteiger partial charge in [-0.25, -0.2) is 0 Å². The number of rotatable bonds is 9. The van der Waals surface area contributed by atoms with Crippen molar-refractivity contribution >= 4 is 5.97 Å². The Balaban J connectivity index is 2.26. The van der Waals surface area contributed by atoms with Crippen molar-refractivity contribution in [2.24, 2.45) is 0 Å². The van der Waals surface area contributed by atoms with Gasteiger partial charge >= 0.3 is 12.6 Å². The molecular weight excluding hydrogens is 280 g/mol. The number of carbonyl (C=O) groups excluding carboxylic acids is 1. The van der Waals surface area contributed by atoms with Crippen LogP contribution >= 0.6 is 0 Å². The fraction of sp³-hybridized carbons (Fsp3) is 0.533. The minimum absolute atomic E-state index is 0.165. The van der Waals surface area contributed by atoms with Crippen LogP contribution in [-0.4, -0.2) is 32.3 Å². The molecule has 1 aromatic carbocycles. The maximum Gasteiger partial charge on any atom is 0.387 e. The molecule has 0 aliphatic rings. The van der Waals surface area contributed by atoms with Gasteiger partial charge in [-0.2, -0.15) is 8.78 Å². The number of aryl methyl sites for hydroxylation is 1. The lowest BCUT2D eigenvalue weighted by Crippen LogP contribution is -2.29. The van der Waals surface area contributed by atoms with E-state index in [1.54, 1.807) is 12.1 Å². The summed E-state index contributed by atoms with van der Waals surface area (Å²) in [6, 6.07) is 6.89. The van der Waals surface area contributed by atoms with Crippen molar-refractivity contribution in [3.05, 3.63) is 29.8 Å². The second-order valence-electron chi connectivity index (χ2n) is 4.74. The molecule has 0 heterocycles. The van der Waals surface area contributed by atoms with Crippen molar-refractivity contribution in [3.63, 3.8) is 0 Å². The summed E-state index contributed by atoms with van der Waals surface area (Å²) < 4.78 is 32.9. The zero-order valence-electron chi connectivity index (χ0n) is 12.3. The Morgan fingerprint density at radius 2 is 1.95 bits per heavy atom. The van der Waals surface area contributed by atoms with Gasteiger partial charge in [0.05, 0.1) is 13.5 Å². The molecule has 1 unspecified atom stereocenters. The number of methoxy groups -OCH3 is 1. The third kappa shape index (κ3) is 7.60. The molecule has 0 fully saturated rings. The van der Waals surface area contributed by atoms with Gasteiger partial charge in [0.1, 0.15) is 5.75 Å². The molecule has 1 aromatic rings. The Labute approximate surface area is 123 Å². The van der Waals surface area contributed by atoms with Crippen LogP contribution < -0.4 is 10.1 Å². The quantitative estimate of drug-likeness (QED) is 0.713. The van der Waals surface area contributed by atoms with E-state index in [0.29, 0.717) is 13.0 Å². The van der Waals surface area contributed by atoms with Crippen molar-refractivity contribution in [1.29, 1.82) is 0 Å². The number of benzene rings is 1. The van der Waals surface area contributed by atoms with Crippen molar-refractivity contribution in [1.82, 2.24) is 5.32 Å². The molecule has 0 aliphatic carbocycles. The summed E-state index contributed by atoms with van der Waals surface area (Å²) in [6.07, 6.45) is 2.05. The number of halogens is 2. The van der Waals surface area contributed by atoms with Crippen molar-refractivity contribution in [2.75, 3.05) is 13.7 Å². The smallest absolute Gasteiger partial charge is 0.387 e. The molecular formula is C15H21F2NO3. The minimum Gasteiger partial charge on any atom is -0.469 e. The van der Waals surface area contributed by atoms with Crippen LogP contribution in [0.4, 0.5) is 8.78 Å². The molecule has 0 saturated heterocycles. The highest BCUT2D eigenvalue weighted by Crippen LogP contribution is 2.16. The monoisotopic (exact) mass is 301 g/mol. The molecule has 1 rings (SSSR count). The second-order valence-corrected chi connectivity index (χ2v) is 4.74. The van der Waals surface area contributed by atoms with Gasteiger partial charge in [-0.1, -0.05) is 12.1 Å². The zero-order valence-corrected chi connectivity index (χ0v) is 12.3. The third-order valence-electron chi connectivity index (χ3n) is 3.06. The van der Waals surface area contributed by atoms with Crippen molar-refractivity contribution in [2.45, 2.75) is 38.8 Å². The Kier molecular flexibility index (Phi) is 7.68. The fourth-order valence-corrected chi connectivity index (χ4v) is 1.85. The SMILES string of the molecule is COC(=O)CCNC(C)CCc1ccc(OC(F)F)cc1. The maximum absolute atomic E-state index is 12.0. The topological polar surface area (TPSA) is 47.6 Å². The third-order valence-corrected chi connectivity index (χ3v) is 3.06. The van der Waals surface area contributed by atoms with E-state index in [4.69, 9.17) is 0 Å². The van der Waals surface area contributed by atoms with E-state index >= 15 is 0 Å². The van der Waals surface area contributed by atoms with Crippen LogP contribution in [-0.2, 0) is 16.0 Å². The molecule has 0 spiro atoms. The summed E-state index contributed by atoms with van der Waals surface area (Å²) in [7, 11) is 1.37. The summed E-state index contributed by atoms with van der Waals surface area (Å²) in [5.74, 6) is -0.0673. The van der Waals surface area contributed by atoms with E-state index in [1.807, 2.05) is 6.92 Å². The number of hydrogen-bond donors (Lipinski definition) is 1. The molecule has 118 valence electrons. The van der Waals surface area contributed by atoms with Crippen LogP contribution in [0.1, 0.15) is 25.3 Å². The largest absolute Gasteiger partial charge is 0.469 e. The normalized spacial score (nSPS) is 12.2. The highest BCUT2D eigenvalue weighted by atomic mass is 19.3. The van der Waals surface area contributed by atoms with Crippen LogP contribution in [0, 0.1) is 0 Å². The standard InChI is InChI=1S/C15H21F2NO3/c1-11(18-10-9-14(19)20-2)3-4-12-5-7-13(8-6-12)21-15(16)17/h5-8,11,15,18H,3-4,9-10H2,1-2H3. The van der Waals surface area contributed by atoms with E-state index in [1.165, 1.54) is 19.2 Å². The van der Waals surface area contributed by atoms with E-state index in [-0.39, 0.29) is 17.8 Å². The predicted molar refractivity (Wildman–Crippen MR) is 75.5 cm³/mol. The van der Waals surface area contributed by atoms with Gasteiger partial charge < -0.3 is 14.8 Å². The van der Waals surface area contributed by atoms with Crippen LogP contribution in [0.25, 0.3) is 0 Å². The Morgan fingerprint density at radius 3 is 2.52 bits per heavy atom. The van der Waals surface area contributed by atoms with Crippen molar-refractivity contribution < 1.29 is 23.0 Å². The molecule has 0 radical (unpaired) electrons. The zero-order chi connectivity index (χ0) is 15.7. The van der Waals surface area contributed by atoms with Gasteiger partial charge in [0.25, 0.3) is 0 Å². The van der Waals surface area contributed by atoms with Crippen LogP contribution in [0.15, 0.2) is 24.3 Å². The molecule has 0 saturated carbocycles. The molecule has 6 heteroatoms. The first-order valence-electron chi connectivity index (χ1n) is 6.85. The number of esters is 1. The van der Waals surface area contributed by atoms with Crippen LogP contribution in [0.3, 0.4) is 0 Å². The first kappa shape index (κ1) is 17.4. The Hall–Kier alpha value is -1.69. The fourth-order valence-electron chi connectivity index (χ4n) is 1.85. The van der Waals surface area contributed by atoms with Gasteiger partial charge in [-0.15, -0.1) is 0 Å². The molecule has 0 amide bonds. The number of ether oxygens (including phenoxy) is 2. The van der Waals surface area contributed by atoms with Gasteiger partial charge in [-0.3, -0.25) is 4.79 Å². The number of alkyl halides is 2. The predicted octanol–water partition coefficient (Wildman–Crippen LogP) is 2.76. The van der Waals surface area contributed by atoms with Crippen LogP contribution in [0.5, 0.6) is 5.75 Å². The van der Waals surface area contributed by atoms with Crippen molar-refractivity contribution in [3.8, 4) is 5.75 Å². The van der Waals surface area contributed by atoms with E-state index < -0.39 is 6.61 Å². The average Bonchev–Trinajstić information content (AvgIpc) is 2.45. The number of nitrogens with one attached hydrogen (secondary N) is 1. The van der Waals surface area contributed by atoms with Gasteiger partial charge in [0, 0.05) is 12.6 Å².